The number of amides is 1. The van der Waals surface area contributed by atoms with Gasteiger partial charge < -0.3 is 20.1 Å². The predicted molar refractivity (Wildman–Crippen MR) is 93.3 cm³/mol. The maximum Gasteiger partial charge on any atom is 0.408 e. The van der Waals surface area contributed by atoms with E-state index in [1.807, 2.05) is 6.07 Å². The molecule has 0 saturated carbocycles. The molecule has 1 amide bonds. The van der Waals surface area contributed by atoms with Crippen LogP contribution in [-0.2, 0) is 20.8 Å². The van der Waals surface area contributed by atoms with Gasteiger partial charge in [0, 0.05) is 13.1 Å². The van der Waals surface area contributed by atoms with Crippen LogP contribution in [0.1, 0.15) is 26.3 Å². The molecule has 0 aliphatic heterocycles. The van der Waals surface area contributed by atoms with E-state index in [-0.39, 0.29) is 6.54 Å². The van der Waals surface area contributed by atoms with Crippen molar-refractivity contribution in [1.82, 2.24) is 10.6 Å². The van der Waals surface area contributed by atoms with Crippen molar-refractivity contribution in [1.29, 1.82) is 0 Å². The molecule has 0 bridgehead atoms. The summed E-state index contributed by atoms with van der Waals surface area (Å²) >= 11 is 11.8. The highest BCUT2D eigenvalue weighted by Crippen LogP contribution is 2.22. The quantitative estimate of drug-likeness (QED) is 0.745. The van der Waals surface area contributed by atoms with Gasteiger partial charge in [0.15, 0.2) is 0 Å². The van der Waals surface area contributed by atoms with E-state index in [9.17, 15) is 9.59 Å². The lowest BCUT2D eigenvalue weighted by Crippen LogP contribution is -2.49. The highest BCUT2D eigenvalue weighted by Gasteiger charge is 2.24. The maximum atomic E-state index is 11.8. The zero-order valence-corrected chi connectivity index (χ0v) is 15.6. The largest absolute Gasteiger partial charge is 0.467 e. The van der Waals surface area contributed by atoms with Gasteiger partial charge in [0.2, 0.25) is 0 Å². The van der Waals surface area contributed by atoms with Crippen LogP contribution in [0, 0.1) is 0 Å². The smallest absolute Gasteiger partial charge is 0.408 e. The molecule has 1 rings (SSSR count). The van der Waals surface area contributed by atoms with Crippen LogP contribution in [0.4, 0.5) is 4.79 Å². The fourth-order valence-electron chi connectivity index (χ4n) is 1.80. The third-order valence-corrected chi connectivity index (χ3v) is 3.58. The standard InChI is InChI=1S/C16H22Cl2N2O4/c1-16(2,3)24-15(22)20-13(14(21)23-4)9-19-8-10-5-6-11(17)12(18)7-10/h5-7,13,19H,8-9H2,1-4H3,(H,20,22). The minimum Gasteiger partial charge on any atom is -0.467 e. The Hall–Kier alpha value is -1.50. The number of halogens is 2. The molecule has 134 valence electrons. The van der Waals surface area contributed by atoms with Crippen molar-refractivity contribution >= 4 is 35.3 Å². The summed E-state index contributed by atoms with van der Waals surface area (Å²) in [5.74, 6) is -0.567. The Morgan fingerprint density at radius 2 is 1.88 bits per heavy atom. The summed E-state index contributed by atoms with van der Waals surface area (Å²) in [5, 5.41) is 6.47. The molecule has 0 fully saturated rings. The molecule has 0 aromatic heterocycles. The fraction of sp³-hybridized carbons (Fsp3) is 0.500. The first kappa shape index (κ1) is 20.5. The Morgan fingerprint density at radius 3 is 2.42 bits per heavy atom. The van der Waals surface area contributed by atoms with Crippen LogP contribution in [0.25, 0.3) is 0 Å². The molecule has 0 saturated heterocycles. The summed E-state index contributed by atoms with van der Waals surface area (Å²) in [6.07, 6.45) is -0.686. The molecule has 2 N–H and O–H groups in total. The number of carbonyl (C=O) groups excluding carboxylic acids is 2. The molecule has 0 spiro atoms. The van der Waals surface area contributed by atoms with Crippen LogP contribution in [0.5, 0.6) is 0 Å². The van der Waals surface area contributed by atoms with E-state index in [0.717, 1.165) is 5.56 Å². The van der Waals surface area contributed by atoms with Crippen molar-refractivity contribution in [3.8, 4) is 0 Å². The topological polar surface area (TPSA) is 76.7 Å². The van der Waals surface area contributed by atoms with Gasteiger partial charge in [-0.1, -0.05) is 29.3 Å². The van der Waals surface area contributed by atoms with E-state index < -0.39 is 23.7 Å². The number of benzene rings is 1. The Labute approximate surface area is 151 Å². The van der Waals surface area contributed by atoms with Gasteiger partial charge in [-0.25, -0.2) is 9.59 Å². The first-order valence-corrected chi connectivity index (χ1v) is 8.10. The van der Waals surface area contributed by atoms with E-state index >= 15 is 0 Å². The lowest BCUT2D eigenvalue weighted by atomic mass is 10.2. The van der Waals surface area contributed by atoms with Gasteiger partial charge >= 0.3 is 12.1 Å². The first-order valence-electron chi connectivity index (χ1n) is 7.34. The fourth-order valence-corrected chi connectivity index (χ4v) is 2.12. The normalized spacial score (nSPS) is 12.4. The number of rotatable bonds is 6. The average Bonchev–Trinajstić information content (AvgIpc) is 2.47. The molecule has 6 nitrogen and oxygen atoms in total. The number of methoxy groups -OCH3 is 1. The monoisotopic (exact) mass is 376 g/mol. The summed E-state index contributed by atoms with van der Waals surface area (Å²) in [7, 11) is 1.26. The third kappa shape index (κ3) is 7.38. The van der Waals surface area contributed by atoms with Crippen LogP contribution < -0.4 is 10.6 Å². The first-order chi connectivity index (χ1) is 11.1. The number of ether oxygens (including phenoxy) is 2. The highest BCUT2D eigenvalue weighted by atomic mass is 35.5. The Balaban J connectivity index is 2.58. The summed E-state index contributed by atoms with van der Waals surface area (Å²) in [6.45, 7) is 5.83. The minimum atomic E-state index is -0.868. The number of nitrogens with one attached hydrogen (secondary N) is 2. The van der Waals surface area contributed by atoms with Crippen molar-refractivity contribution in [3.63, 3.8) is 0 Å². The number of alkyl carbamates (subject to hydrolysis) is 1. The average molecular weight is 377 g/mol. The van der Waals surface area contributed by atoms with Gasteiger partial charge in [0.05, 0.1) is 17.2 Å². The zero-order valence-electron chi connectivity index (χ0n) is 14.1. The van der Waals surface area contributed by atoms with Gasteiger partial charge in [-0.15, -0.1) is 0 Å². The second kappa shape index (κ2) is 9.11. The van der Waals surface area contributed by atoms with Crippen LogP contribution in [0.2, 0.25) is 10.0 Å². The van der Waals surface area contributed by atoms with Crippen molar-refractivity contribution in [2.24, 2.45) is 0 Å². The van der Waals surface area contributed by atoms with Gasteiger partial charge in [-0.3, -0.25) is 0 Å². The van der Waals surface area contributed by atoms with Crippen molar-refractivity contribution in [2.45, 2.75) is 39.0 Å². The van der Waals surface area contributed by atoms with Gasteiger partial charge in [0.1, 0.15) is 11.6 Å². The summed E-state index contributed by atoms with van der Waals surface area (Å²) < 4.78 is 9.83. The third-order valence-electron chi connectivity index (χ3n) is 2.84. The molecule has 1 unspecified atom stereocenters. The van der Waals surface area contributed by atoms with Crippen LogP contribution in [-0.4, -0.2) is 37.4 Å². The Morgan fingerprint density at radius 1 is 1.21 bits per heavy atom. The minimum absolute atomic E-state index is 0.173. The lowest BCUT2D eigenvalue weighted by molar-refractivity contribution is -0.143. The van der Waals surface area contributed by atoms with Gasteiger partial charge in [-0.2, -0.15) is 0 Å². The molecule has 0 aliphatic carbocycles. The predicted octanol–water partition coefficient (Wildman–Crippen LogP) is 3.15. The second-order valence-corrected chi connectivity index (χ2v) is 6.92. The summed E-state index contributed by atoms with van der Waals surface area (Å²) in [5.41, 5.74) is 0.239. The molecule has 8 heteroatoms. The Bertz CT molecular complexity index is 588. The van der Waals surface area contributed by atoms with E-state index in [2.05, 4.69) is 10.6 Å². The van der Waals surface area contributed by atoms with E-state index in [0.29, 0.717) is 16.6 Å². The number of esters is 1. The highest BCUT2D eigenvalue weighted by molar-refractivity contribution is 6.42. The zero-order chi connectivity index (χ0) is 18.3. The number of hydrogen-bond donors (Lipinski definition) is 2. The molecule has 1 aromatic rings. The van der Waals surface area contributed by atoms with Crippen molar-refractivity contribution in [2.75, 3.05) is 13.7 Å². The van der Waals surface area contributed by atoms with Crippen molar-refractivity contribution in [3.05, 3.63) is 33.8 Å². The molecule has 0 aliphatic rings. The summed E-state index contributed by atoms with van der Waals surface area (Å²) in [6, 6.07) is 4.37. The molecule has 24 heavy (non-hydrogen) atoms. The van der Waals surface area contributed by atoms with Gasteiger partial charge in [-0.05, 0) is 38.5 Å². The number of hydrogen-bond acceptors (Lipinski definition) is 5. The van der Waals surface area contributed by atoms with Crippen LogP contribution >= 0.6 is 23.2 Å². The molecule has 1 aromatic carbocycles. The van der Waals surface area contributed by atoms with Crippen LogP contribution in [0.15, 0.2) is 18.2 Å². The van der Waals surface area contributed by atoms with Crippen LogP contribution in [0.3, 0.4) is 0 Å². The van der Waals surface area contributed by atoms with E-state index in [4.69, 9.17) is 32.7 Å². The second-order valence-electron chi connectivity index (χ2n) is 6.10. The maximum absolute atomic E-state index is 11.8. The van der Waals surface area contributed by atoms with Gasteiger partial charge in [0.25, 0.3) is 0 Å². The summed E-state index contributed by atoms with van der Waals surface area (Å²) in [4.78, 5) is 23.6. The number of carbonyl (C=O) groups is 2. The molecule has 0 radical (unpaired) electrons. The van der Waals surface area contributed by atoms with E-state index in [1.54, 1.807) is 32.9 Å². The molecule has 1 atom stereocenters. The van der Waals surface area contributed by atoms with Crippen molar-refractivity contribution < 1.29 is 19.1 Å². The molecular weight excluding hydrogens is 355 g/mol. The van der Waals surface area contributed by atoms with E-state index in [1.165, 1.54) is 7.11 Å². The lowest BCUT2D eigenvalue weighted by Gasteiger charge is -2.22. The Kier molecular flexibility index (Phi) is 7.79. The SMILES string of the molecule is COC(=O)C(CNCc1ccc(Cl)c(Cl)c1)NC(=O)OC(C)(C)C. The molecular formula is C16H22Cl2N2O4. The molecule has 0 heterocycles.